The van der Waals surface area contributed by atoms with Crippen LogP contribution in [0.5, 0.6) is 0 Å². The lowest BCUT2D eigenvalue weighted by Crippen LogP contribution is -2.03. The van der Waals surface area contributed by atoms with Crippen molar-refractivity contribution in [1.82, 2.24) is 0 Å². The normalized spacial score (nSPS) is 11.9. The lowest BCUT2D eigenvalue weighted by molar-refractivity contribution is -0.108. The Morgan fingerprint density at radius 1 is 1.38 bits per heavy atom. The van der Waals surface area contributed by atoms with Gasteiger partial charge in [-0.05, 0) is 30.0 Å². The van der Waals surface area contributed by atoms with Gasteiger partial charge in [0.25, 0.3) is 0 Å². The third kappa shape index (κ3) is 2.92. The van der Waals surface area contributed by atoms with Crippen LogP contribution in [0.2, 0.25) is 0 Å². The maximum Gasteiger partial charge on any atom is 0.337 e. The second-order valence-electron chi connectivity index (χ2n) is 3.62. The van der Waals surface area contributed by atoms with E-state index in [9.17, 15) is 9.59 Å². The highest BCUT2D eigenvalue weighted by Gasteiger charge is 2.10. The summed E-state index contributed by atoms with van der Waals surface area (Å²) in [4.78, 5) is 21.7. The summed E-state index contributed by atoms with van der Waals surface area (Å²) in [6.45, 7) is 2.04. The summed E-state index contributed by atoms with van der Waals surface area (Å²) in [5, 5.41) is 0. The first kappa shape index (κ1) is 12.4. The minimum atomic E-state index is -0.338. The van der Waals surface area contributed by atoms with Crippen LogP contribution in [0.3, 0.4) is 0 Å². The molecule has 1 aromatic rings. The molecule has 1 rings (SSSR count). The van der Waals surface area contributed by atoms with Crippen LogP contribution >= 0.6 is 0 Å². The number of methoxy groups -OCH3 is 1. The van der Waals surface area contributed by atoms with Gasteiger partial charge in [0.05, 0.1) is 12.7 Å². The van der Waals surface area contributed by atoms with Crippen LogP contribution in [-0.2, 0) is 9.53 Å². The Balaban J connectivity index is 2.84. The van der Waals surface area contributed by atoms with E-state index in [0.29, 0.717) is 12.0 Å². The predicted octanol–water partition coefficient (Wildman–Crippen LogP) is 2.56. The fourth-order valence-corrected chi connectivity index (χ4v) is 1.66. The van der Waals surface area contributed by atoms with Crippen molar-refractivity contribution in [1.29, 1.82) is 0 Å². The van der Waals surface area contributed by atoms with Crippen LogP contribution in [-0.4, -0.2) is 19.4 Å². The third-order valence-corrected chi connectivity index (χ3v) is 2.68. The molecule has 0 aliphatic rings. The van der Waals surface area contributed by atoms with Crippen molar-refractivity contribution in [2.45, 2.75) is 25.7 Å². The summed E-state index contributed by atoms with van der Waals surface area (Å²) in [7, 11) is 1.36. The Morgan fingerprint density at radius 3 is 2.44 bits per heavy atom. The van der Waals surface area contributed by atoms with Crippen molar-refractivity contribution in [3.63, 3.8) is 0 Å². The molecule has 0 radical (unpaired) electrons. The highest BCUT2D eigenvalue weighted by Crippen LogP contribution is 2.22. The van der Waals surface area contributed by atoms with Gasteiger partial charge in [-0.15, -0.1) is 0 Å². The van der Waals surface area contributed by atoms with Crippen LogP contribution in [0.1, 0.15) is 41.6 Å². The monoisotopic (exact) mass is 220 g/mol. The second-order valence-corrected chi connectivity index (χ2v) is 3.62. The molecular formula is C13H16O3. The summed E-state index contributed by atoms with van der Waals surface area (Å²) in [5.41, 5.74) is 1.62. The van der Waals surface area contributed by atoms with E-state index in [1.54, 1.807) is 12.1 Å². The Morgan fingerprint density at radius 2 is 2.00 bits per heavy atom. The van der Waals surface area contributed by atoms with Gasteiger partial charge in [-0.25, -0.2) is 4.79 Å². The Kier molecular flexibility index (Phi) is 4.70. The molecular weight excluding hydrogens is 204 g/mol. The van der Waals surface area contributed by atoms with Crippen LogP contribution in [0, 0.1) is 0 Å². The van der Waals surface area contributed by atoms with Gasteiger partial charge in [-0.2, -0.15) is 0 Å². The topological polar surface area (TPSA) is 43.4 Å². The number of esters is 1. The first-order chi connectivity index (χ1) is 7.72. The quantitative estimate of drug-likeness (QED) is 0.565. The van der Waals surface area contributed by atoms with Crippen LogP contribution in [0.15, 0.2) is 24.3 Å². The molecule has 0 aliphatic heterocycles. The molecule has 86 valence electrons. The first-order valence-electron chi connectivity index (χ1n) is 5.34. The number of hydrogen-bond donors (Lipinski definition) is 0. The zero-order valence-electron chi connectivity index (χ0n) is 9.60. The van der Waals surface area contributed by atoms with E-state index in [2.05, 4.69) is 4.74 Å². The smallest absolute Gasteiger partial charge is 0.337 e. The minimum absolute atomic E-state index is 0.240. The molecule has 0 fully saturated rings. The zero-order chi connectivity index (χ0) is 12.0. The van der Waals surface area contributed by atoms with E-state index in [4.69, 9.17) is 0 Å². The van der Waals surface area contributed by atoms with Crippen molar-refractivity contribution < 1.29 is 14.3 Å². The van der Waals surface area contributed by atoms with Crippen molar-refractivity contribution in [3.8, 4) is 0 Å². The highest BCUT2D eigenvalue weighted by molar-refractivity contribution is 5.89. The molecule has 3 heteroatoms. The molecule has 0 saturated heterocycles. The van der Waals surface area contributed by atoms with Gasteiger partial charge in [0, 0.05) is 6.42 Å². The molecule has 1 atom stereocenters. The fourth-order valence-electron chi connectivity index (χ4n) is 1.66. The standard InChI is InChI=1S/C13H16O3/c1-3-10(8-9-14)11-4-6-12(7-5-11)13(15)16-2/h4-7,9-10H,3,8H2,1-2H3/t10-/m1/s1. The maximum atomic E-state index is 11.2. The van der Waals surface area contributed by atoms with Crippen LogP contribution in [0.25, 0.3) is 0 Å². The van der Waals surface area contributed by atoms with Gasteiger partial charge in [-0.1, -0.05) is 19.1 Å². The van der Waals surface area contributed by atoms with E-state index in [1.807, 2.05) is 19.1 Å². The molecule has 0 aliphatic carbocycles. The van der Waals surface area contributed by atoms with Gasteiger partial charge in [0.15, 0.2) is 0 Å². The van der Waals surface area contributed by atoms with E-state index < -0.39 is 0 Å². The molecule has 0 saturated carbocycles. The average molecular weight is 220 g/mol. The van der Waals surface area contributed by atoms with Crippen molar-refractivity contribution in [2.75, 3.05) is 7.11 Å². The van der Waals surface area contributed by atoms with E-state index in [1.165, 1.54) is 7.11 Å². The number of carbonyl (C=O) groups is 2. The molecule has 0 aromatic heterocycles. The van der Waals surface area contributed by atoms with E-state index >= 15 is 0 Å². The van der Waals surface area contributed by atoms with E-state index in [-0.39, 0.29) is 11.9 Å². The summed E-state index contributed by atoms with van der Waals surface area (Å²) in [5.74, 6) is -0.0980. The third-order valence-electron chi connectivity index (χ3n) is 2.68. The molecule has 0 heterocycles. The van der Waals surface area contributed by atoms with Crippen LogP contribution < -0.4 is 0 Å². The average Bonchev–Trinajstić information content (AvgIpc) is 2.35. The Hall–Kier alpha value is -1.64. The number of ether oxygens (including phenoxy) is 1. The van der Waals surface area contributed by atoms with Crippen LogP contribution in [0.4, 0.5) is 0 Å². The minimum Gasteiger partial charge on any atom is -0.465 e. The lowest BCUT2D eigenvalue weighted by Gasteiger charge is -2.12. The maximum absolute atomic E-state index is 11.2. The van der Waals surface area contributed by atoms with Gasteiger partial charge < -0.3 is 9.53 Å². The zero-order valence-corrected chi connectivity index (χ0v) is 9.60. The highest BCUT2D eigenvalue weighted by atomic mass is 16.5. The van der Waals surface area contributed by atoms with Gasteiger partial charge in [0.2, 0.25) is 0 Å². The molecule has 0 amide bonds. The number of benzene rings is 1. The van der Waals surface area contributed by atoms with Crippen molar-refractivity contribution >= 4 is 12.3 Å². The summed E-state index contributed by atoms with van der Waals surface area (Å²) >= 11 is 0. The molecule has 3 nitrogen and oxygen atoms in total. The SMILES string of the molecule is CC[C@H](CC=O)c1ccc(C(=O)OC)cc1. The molecule has 0 N–H and O–H groups in total. The summed E-state index contributed by atoms with van der Waals surface area (Å²) in [6, 6.07) is 7.22. The molecule has 0 spiro atoms. The largest absolute Gasteiger partial charge is 0.465 e. The molecule has 16 heavy (non-hydrogen) atoms. The molecule has 0 unspecified atom stereocenters. The number of rotatable bonds is 5. The van der Waals surface area contributed by atoms with Gasteiger partial charge in [0.1, 0.15) is 6.29 Å². The number of hydrogen-bond acceptors (Lipinski definition) is 3. The number of carbonyl (C=O) groups excluding carboxylic acids is 2. The van der Waals surface area contributed by atoms with Crippen molar-refractivity contribution in [2.24, 2.45) is 0 Å². The van der Waals surface area contributed by atoms with Gasteiger partial charge in [-0.3, -0.25) is 0 Å². The van der Waals surface area contributed by atoms with Gasteiger partial charge >= 0.3 is 5.97 Å². The molecule has 0 bridgehead atoms. The second kappa shape index (κ2) is 6.05. The first-order valence-corrected chi connectivity index (χ1v) is 5.34. The molecule has 1 aromatic carbocycles. The predicted molar refractivity (Wildman–Crippen MR) is 61.5 cm³/mol. The number of aldehydes is 1. The fraction of sp³-hybridized carbons (Fsp3) is 0.385. The lowest BCUT2D eigenvalue weighted by atomic mass is 9.93. The summed E-state index contributed by atoms with van der Waals surface area (Å²) in [6.07, 6.45) is 2.37. The summed E-state index contributed by atoms with van der Waals surface area (Å²) < 4.78 is 4.62. The Bertz CT molecular complexity index is 354. The van der Waals surface area contributed by atoms with E-state index in [0.717, 1.165) is 18.3 Å². The Labute approximate surface area is 95.4 Å². The van der Waals surface area contributed by atoms with Crippen molar-refractivity contribution in [3.05, 3.63) is 35.4 Å².